The second kappa shape index (κ2) is 7.21. The van der Waals surface area contributed by atoms with Crippen molar-refractivity contribution in [2.45, 2.75) is 0 Å². The quantitative estimate of drug-likeness (QED) is 0.763. The number of benzene rings is 1. The van der Waals surface area contributed by atoms with Gasteiger partial charge in [-0.25, -0.2) is 13.8 Å². The summed E-state index contributed by atoms with van der Waals surface area (Å²) in [5.74, 6) is -2.32. The van der Waals surface area contributed by atoms with Crippen molar-refractivity contribution in [3.05, 3.63) is 59.4 Å². The first kappa shape index (κ1) is 18.0. The van der Waals surface area contributed by atoms with Gasteiger partial charge in [-0.15, -0.1) is 0 Å². The third kappa shape index (κ3) is 3.46. The number of aryl methyl sites for hydroxylation is 1. The second-order valence-corrected chi connectivity index (χ2v) is 5.47. The van der Waals surface area contributed by atoms with E-state index in [0.29, 0.717) is 11.3 Å². The van der Waals surface area contributed by atoms with Gasteiger partial charge in [0.05, 0.1) is 18.4 Å². The predicted molar refractivity (Wildman–Crippen MR) is 92.0 cm³/mol. The fraction of sp³-hybridized carbons (Fsp3) is 0.111. The Bertz CT molecular complexity index is 1050. The molecule has 27 heavy (non-hydrogen) atoms. The first-order valence-corrected chi connectivity index (χ1v) is 7.68. The van der Waals surface area contributed by atoms with Gasteiger partial charge in [0.2, 0.25) is 5.88 Å². The van der Waals surface area contributed by atoms with E-state index in [9.17, 15) is 18.8 Å². The lowest BCUT2D eigenvalue weighted by Gasteiger charge is -2.05. The van der Waals surface area contributed by atoms with Crippen LogP contribution in [0.4, 0.5) is 14.5 Å². The molecule has 1 N–H and O–H groups in total. The number of hydrogen-bond acceptors (Lipinski definition) is 5. The maximum atomic E-state index is 13.7. The summed E-state index contributed by atoms with van der Waals surface area (Å²) in [4.78, 5) is 16.4. The third-order valence-corrected chi connectivity index (χ3v) is 3.80. The van der Waals surface area contributed by atoms with Crippen LogP contribution in [0.2, 0.25) is 0 Å². The number of ether oxygens (including phenoxy) is 1. The molecular formula is C18H13F2N5O2. The van der Waals surface area contributed by atoms with Crippen LogP contribution in [0.5, 0.6) is 5.88 Å². The molecule has 3 rings (SSSR count). The fourth-order valence-electron chi connectivity index (χ4n) is 2.47. The number of hydrogen-bond donors (Lipinski definition) is 1. The number of halogens is 2. The second-order valence-electron chi connectivity index (χ2n) is 5.47. The molecule has 2 heterocycles. The molecule has 9 heteroatoms. The van der Waals surface area contributed by atoms with Crippen molar-refractivity contribution in [1.82, 2.24) is 14.8 Å². The van der Waals surface area contributed by atoms with E-state index in [1.54, 1.807) is 7.05 Å². The molecule has 136 valence electrons. The maximum absolute atomic E-state index is 13.7. The molecule has 3 aromatic rings. The lowest BCUT2D eigenvalue weighted by molar-refractivity contribution is 0.102. The zero-order valence-electron chi connectivity index (χ0n) is 14.3. The number of carbonyl (C=O) groups excluding carboxylic acids is 1. The van der Waals surface area contributed by atoms with Gasteiger partial charge < -0.3 is 10.1 Å². The minimum Gasteiger partial charge on any atom is -0.481 e. The fourth-order valence-corrected chi connectivity index (χ4v) is 2.47. The van der Waals surface area contributed by atoms with E-state index < -0.39 is 23.2 Å². The minimum atomic E-state index is -0.898. The molecule has 1 aromatic carbocycles. The molecule has 1 amide bonds. The zero-order chi connectivity index (χ0) is 19.6. The largest absolute Gasteiger partial charge is 0.481 e. The van der Waals surface area contributed by atoms with Crippen molar-refractivity contribution in [3.63, 3.8) is 0 Å². The van der Waals surface area contributed by atoms with Crippen molar-refractivity contribution in [2.24, 2.45) is 7.05 Å². The highest BCUT2D eigenvalue weighted by Gasteiger charge is 2.19. The number of pyridine rings is 1. The minimum absolute atomic E-state index is 0.0742. The molecule has 7 nitrogen and oxygen atoms in total. The Morgan fingerprint density at radius 3 is 2.63 bits per heavy atom. The summed E-state index contributed by atoms with van der Waals surface area (Å²) >= 11 is 0. The summed E-state index contributed by atoms with van der Waals surface area (Å²) in [5, 5.41) is 15.6. The van der Waals surface area contributed by atoms with Crippen molar-refractivity contribution in [3.8, 4) is 23.2 Å². The topological polar surface area (TPSA) is 92.8 Å². The molecular weight excluding hydrogens is 356 g/mol. The molecule has 0 atom stereocenters. The van der Waals surface area contributed by atoms with Crippen LogP contribution in [-0.2, 0) is 7.05 Å². The monoisotopic (exact) mass is 369 g/mol. The van der Waals surface area contributed by atoms with E-state index in [0.717, 1.165) is 12.1 Å². The van der Waals surface area contributed by atoms with Gasteiger partial charge in [0.25, 0.3) is 5.91 Å². The number of nitrogens with zero attached hydrogens (tertiary/aromatic N) is 4. The van der Waals surface area contributed by atoms with E-state index in [2.05, 4.69) is 15.4 Å². The van der Waals surface area contributed by atoms with Crippen LogP contribution < -0.4 is 10.1 Å². The first-order chi connectivity index (χ1) is 12.9. The average molecular weight is 369 g/mol. The Balaban J connectivity index is 1.96. The molecule has 0 aliphatic heterocycles. The Labute approximate surface area is 152 Å². The van der Waals surface area contributed by atoms with Gasteiger partial charge in [0.1, 0.15) is 23.4 Å². The van der Waals surface area contributed by atoms with E-state index in [-0.39, 0.29) is 17.1 Å². The summed E-state index contributed by atoms with van der Waals surface area (Å²) in [6.07, 6.45) is 1.42. The van der Waals surface area contributed by atoms with Crippen LogP contribution in [0, 0.1) is 23.0 Å². The Kier molecular flexibility index (Phi) is 4.81. The smallest absolute Gasteiger partial charge is 0.276 e. The molecule has 0 aliphatic carbocycles. The number of amides is 1. The molecule has 0 unspecified atom stereocenters. The number of rotatable bonds is 4. The maximum Gasteiger partial charge on any atom is 0.276 e. The molecule has 0 aliphatic rings. The van der Waals surface area contributed by atoms with E-state index in [4.69, 9.17) is 4.74 Å². The van der Waals surface area contributed by atoms with Crippen LogP contribution in [-0.4, -0.2) is 27.8 Å². The summed E-state index contributed by atoms with van der Waals surface area (Å²) in [6.45, 7) is 0. The zero-order valence-corrected chi connectivity index (χ0v) is 14.3. The molecule has 0 bridgehead atoms. The van der Waals surface area contributed by atoms with Crippen molar-refractivity contribution >= 4 is 11.6 Å². The van der Waals surface area contributed by atoms with Gasteiger partial charge in [-0.3, -0.25) is 9.48 Å². The van der Waals surface area contributed by atoms with Gasteiger partial charge in [0, 0.05) is 24.9 Å². The number of para-hydroxylation sites is 1. The normalized spacial score (nSPS) is 10.3. The number of methoxy groups -OCH3 is 1. The molecule has 2 aromatic heterocycles. The number of nitrogens with one attached hydrogen (secondary N) is 1. The molecule has 0 saturated heterocycles. The SMILES string of the molecule is COc1cc(C#N)c(-c2cc(C(=O)Nc3c(F)cccc3F)nn2C)cn1. The summed E-state index contributed by atoms with van der Waals surface area (Å²) in [5.41, 5.74) is 0.510. The molecule has 0 saturated carbocycles. The van der Waals surface area contributed by atoms with Crippen LogP contribution in [0.15, 0.2) is 36.5 Å². The summed E-state index contributed by atoms with van der Waals surface area (Å²) in [6, 6.07) is 8.14. The molecule has 0 spiro atoms. The van der Waals surface area contributed by atoms with E-state index in [1.807, 2.05) is 6.07 Å². The molecule has 0 radical (unpaired) electrons. The highest BCUT2D eigenvalue weighted by molar-refractivity contribution is 6.03. The van der Waals surface area contributed by atoms with Crippen molar-refractivity contribution < 1.29 is 18.3 Å². The highest BCUT2D eigenvalue weighted by atomic mass is 19.1. The van der Waals surface area contributed by atoms with Gasteiger partial charge in [-0.1, -0.05) is 6.07 Å². The van der Waals surface area contributed by atoms with Crippen LogP contribution in [0.3, 0.4) is 0 Å². The van der Waals surface area contributed by atoms with Crippen molar-refractivity contribution in [1.29, 1.82) is 5.26 Å². The number of nitriles is 1. The Hall–Kier alpha value is -3.80. The van der Waals surface area contributed by atoms with Crippen LogP contribution in [0.1, 0.15) is 16.1 Å². The lowest BCUT2D eigenvalue weighted by Crippen LogP contribution is -2.15. The average Bonchev–Trinajstić information content (AvgIpc) is 3.05. The van der Waals surface area contributed by atoms with Gasteiger partial charge in [0.15, 0.2) is 5.69 Å². The van der Waals surface area contributed by atoms with E-state index >= 15 is 0 Å². The van der Waals surface area contributed by atoms with Gasteiger partial charge in [-0.05, 0) is 18.2 Å². The van der Waals surface area contributed by atoms with Crippen LogP contribution >= 0.6 is 0 Å². The summed E-state index contributed by atoms with van der Waals surface area (Å²) < 4.78 is 33.8. The number of carbonyl (C=O) groups is 1. The van der Waals surface area contributed by atoms with Crippen molar-refractivity contribution in [2.75, 3.05) is 12.4 Å². The third-order valence-electron chi connectivity index (χ3n) is 3.80. The van der Waals surface area contributed by atoms with Gasteiger partial charge in [-0.2, -0.15) is 10.4 Å². The standard InChI is InChI=1S/C18H13F2N5O2/c1-25-15(11-9-22-16(27-2)6-10(11)8-21)7-14(24-25)18(26)23-17-12(19)4-3-5-13(17)20/h3-7,9H,1-2H3,(H,23,26). The number of aromatic nitrogens is 3. The highest BCUT2D eigenvalue weighted by Crippen LogP contribution is 2.26. The lowest BCUT2D eigenvalue weighted by atomic mass is 10.1. The molecule has 0 fully saturated rings. The first-order valence-electron chi connectivity index (χ1n) is 7.68. The van der Waals surface area contributed by atoms with Gasteiger partial charge >= 0.3 is 0 Å². The summed E-state index contributed by atoms with van der Waals surface area (Å²) in [7, 11) is 3.00. The van der Waals surface area contributed by atoms with Crippen LogP contribution in [0.25, 0.3) is 11.3 Å². The number of anilines is 1. The van der Waals surface area contributed by atoms with E-state index in [1.165, 1.54) is 36.2 Å². The Morgan fingerprint density at radius 2 is 2.00 bits per heavy atom. The predicted octanol–water partition coefficient (Wildman–Crippen LogP) is 2.89. The Morgan fingerprint density at radius 1 is 1.30 bits per heavy atom.